The summed E-state index contributed by atoms with van der Waals surface area (Å²) >= 11 is 1.87. The van der Waals surface area contributed by atoms with E-state index in [1.807, 2.05) is 35.8 Å². The van der Waals surface area contributed by atoms with Crippen molar-refractivity contribution >= 4 is 23.5 Å². The summed E-state index contributed by atoms with van der Waals surface area (Å²) in [7, 11) is 0. The zero-order chi connectivity index (χ0) is 16.1. The topological polar surface area (TPSA) is 50.2 Å². The molecule has 1 aromatic heterocycles. The Balaban J connectivity index is 1.46. The third-order valence-corrected chi connectivity index (χ3v) is 5.25. The van der Waals surface area contributed by atoms with Crippen molar-refractivity contribution in [2.75, 3.05) is 24.2 Å². The fourth-order valence-electron chi connectivity index (χ4n) is 2.69. The highest BCUT2D eigenvalue weighted by Crippen LogP contribution is 2.26. The minimum absolute atomic E-state index is 0.0205. The highest BCUT2D eigenvalue weighted by Gasteiger charge is 2.26. The molecule has 2 aromatic rings. The third kappa shape index (κ3) is 4.28. The minimum Gasteiger partial charge on any atom is -0.324 e. The monoisotopic (exact) mass is 330 g/mol. The molecule has 0 saturated carbocycles. The fourth-order valence-corrected chi connectivity index (χ4v) is 3.74. The lowest BCUT2D eigenvalue weighted by Crippen LogP contribution is -2.33. The van der Waals surface area contributed by atoms with E-state index in [-0.39, 0.29) is 6.03 Å². The first-order valence-corrected chi connectivity index (χ1v) is 8.99. The smallest absolute Gasteiger partial charge is 0.321 e. The SMILES string of the molecule is CCn1cc(NC(=O)N2CC[C@@H](CSc3ccccc3)C2)cn1. The predicted molar refractivity (Wildman–Crippen MR) is 93.8 cm³/mol. The summed E-state index contributed by atoms with van der Waals surface area (Å²) in [6, 6.07) is 10.4. The van der Waals surface area contributed by atoms with Crippen LogP contribution in [0.2, 0.25) is 0 Å². The standard InChI is InChI=1S/C17H22N4OS/c1-2-21-12-15(10-18-21)19-17(22)20-9-8-14(11-20)13-23-16-6-4-3-5-7-16/h3-7,10,12,14H,2,8-9,11,13H2,1H3,(H,19,22)/t14-/m1/s1. The average Bonchev–Trinajstić information content (AvgIpc) is 3.23. The van der Waals surface area contributed by atoms with E-state index in [4.69, 9.17) is 0 Å². The molecule has 1 N–H and O–H groups in total. The molecule has 23 heavy (non-hydrogen) atoms. The van der Waals surface area contributed by atoms with Gasteiger partial charge >= 0.3 is 6.03 Å². The molecule has 0 radical (unpaired) electrons. The highest BCUT2D eigenvalue weighted by atomic mass is 32.2. The van der Waals surface area contributed by atoms with Crippen LogP contribution in [0.15, 0.2) is 47.6 Å². The second kappa shape index (κ2) is 7.55. The second-order valence-electron chi connectivity index (χ2n) is 5.74. The van der Waals surface area contributed by atoms with Gasteiger partial charge in [0.25, 0.3) is 0 Å². The highest BCUT2D eigenvalue weighted by molar-refractivity contribution is 7.99. The molecule has 0 bridgehead atoms. The fraction of sp³-hybridized carbons (Fsp3) is 0.412. The van der Waals surface area contributed by atoms with Gasteiger partial charge < -0.3 is 10.2 Å². The van der Waals surface area contributed by atoms with Gasteiger partial charge in [-0.05, 0) is 31.4 Å². The van der Waals surface area contributed by atoms with Crippen LogP contribution in [-0.4, -0.2) is 39.6 Å². The summed E-state index contributed by atoms with van der Waals surface area (Å²) in [5.41, 5.74) is 0.763. The number of carbonyl (C=O) groups is 1. The van der Waals surface area contributed by atoms with Crippen molar-refractivity contribution in [2.24, 2.45) is 5.92 Å². The van der Waals surface area contributed by atoms with E-state index >= 15 is 0 Å². The van der Waals surface area contributed by atoms with Crippen molar-refractivity contribution in [1.29, 1.82) is 0 Å². The molecule has 5 nitrogen and oxygen atoms in total. The summed E-state index contributed by atoms with van der Waals surface area (Å²) in [5.74, 6) is 1.62. The second-order valence-corrected chi connectivity index (χ2v) is 6.83. The summed E-state index contributed by atoms with van der Waals surface area (Å²) in [4.78, 5) is 15.5. The number of aryl methyl sites for hydroxylation is 1. The summed E-state index contributed by atoms with van der Waals surface area (Å²) in [6.07, 6.45) is 4.62. The predicted octanol–water partition coefficient (Wildman–Crippen LogP) is 3.55. The Bertz CT molecular complexity index is 643. The van der Waals surface area contributed by atoms with Gasteiger partial charge in [-0.15, -0.1) is 11.8 Å². The van der Waals surface area contributed by atoms with Crippen LogP contribution < -0.4 is 5.32 Å². The molecule has 0 aliphatic carbocycles. The Hall–Kier alpha value is -1.95. The Labute approximate surface area is 141 Å². The van der Waals surface area contributed by atoms with Gasteiger partial charge in [0, 0.05) is 36.5 Å². The number of anilines is 1. The number of amides is 2. The number of urea groups is 1. The zero-order valence-electron chi connectivity index (χ0n) is 13.3. The first-order valence-electron chi connectivity index (χ1n) is 8.01. The molecule has 1 atom stereocenters. The first-order chi connectivity index (χ1) is 11.2. The molecule has 1 aliphatic rings. The lowest BCUT2D eigenvalue weighted by Gasteiger charge is -2.16. The molecule has 2 amide bonds. The Morgan fingerprint density at radius 2 is 2.22 bits per heavy atom. The number of thioether (sulfide) groups is 1. The van der Waals surface area contributed by atoms with E-state index in [0.29, 0.717) is 5.92 Å². The van der Waals surface area contributed by atoms with E-state index in [1.165, 1.54) is 4.90 Å². The molecule has 2 heterocycles. The number of aromatic nitrogens is 2. The zero-order valence-corrected chi connectivity index (χ0v) is 14.1. The van der Waals surface area contributed by atoms with Crippen LogP contribution in [-0.2, 0) is 6.54 Å². The number of nitrogens with zero attached hydrogens (tertiary/aromatic N) is 3. The van der Waals surface area contributed by atoms with Gasteiger partial charge in [-0.2, -0.15) is 5.10 Å². The van der Waals surface area contributed by atoms with E-state index < -0.39 is 0 Å². The van der Waals surface area contributed by atoms with Crippen molar-refractivity contribution in [1.82, 2.24) is 14.7 Å². The van der Waals surface area contributed by atoms with Crippen molar-refractivity contribution in [3.63, 3.8) is 0 Å². The lowest BCUT2D eigenvalue weighted by atomic mass is 10.2. The molecular weight excluding hydrogens is 308 g/mol. The first kappa shape index (κ1) is 15.9. The van der Waals surface area contributed by atoms with Gasteiger partial charge in [0.1, 0.15) is 0 Å². The molecule has 1 aromatic carbocycles. The molecule has 3 rings (SSSR count). The normalized spacial score (nSPS) is 17.4. The van der Waals surface area contributed by atoms with Crippen LogP contribution in [0.3, 0.4) is 0 Å². The Morgan fingerprint density at radius 1 is 1.39 bits per heavy atom. The molecule has 0 unspecified atom stereocenters. The van der Waals surface area contributed by atoms with Crippen molar-refractivity contribution in [2.45, 2.75) is 24.8 Å². The maximum absolute atomic E-state index is 12.3. The number of benzene rings is 1. The van der Waals surface area contributed by atoms with Gasteiger partial charge in [0.15, 0.2) is 0 Å². The van der Waals surface area contributed by atoms with E-state index in [2.05, 4.69) is 34.7 Å². The van der Waals surface area contributed by atoms with Crippen LogP contribution >= 0.6 is 11.8 Å². The number of hydrogen-bond donors (Lipinski definition) is 1. The van der Waals surface area contributed by atoms with E-state index in [0.717, 1.165) is 37.5 Å². The summed E-state index contributed by atoms with van der Waals surface area (Å²) in [5, 5.41) is 7.10. The molecule has 1 aliphatic heterocycles. The van der Waals surface area contributed by atoms with Crippen molar-refractivity contribution in [3.05, 3.63) is 42.7 Å². The average molecular weight is 330 g/mol. The third-order valence-electron chi connectivity index (χ3n) is 4.01. The quantitative estimate of drug-likeness (QED) is 0.853. The van der Waals surface area contributed by atoms with E-state index in [1.54, 1.807) is 10.9 Å². The van der Waals surface area contributed by atoms with Gasteiger partial charge in [-0.3, -0.25) is 4.68 Å². The number of rotatable bonds is 5. The number of nitrogens with one attached hydrogen (secondary N) is 1. The van der Waals surface area contributed by atoms with Crippen LogP contribution in [0, 0.1) is 5.92 Å². The lowest BCUT2D eigenvalue weighted by molar-refractivity contribution is 0.221. The number of carbonyl (C=O) groups excluding carboxylic acids is 1. The molecule has 1 saturated heterocycles. The Morgan fingerprint density at radius 3 is 2.96 bits per heavy atom. The molecule has 1 fully saturated rings. The van der Waals surface area contributed by atoms with Crippen LogP contribution in [0.5, 0.6) is 0 Å². The number of hydrogen-bond acceptors (Lipinski definition) is 3. The van der Waals surface area contributed by atoms with Crippen LogP contribution in [0.25, 0.3) is 0 Å². The van der Waals surface area contributed by atoms with Gasteiger partial charge in [0.05, 0.1) is 11.9 Å². The summed E-state index contributed by atoms with van der Waals surface area (Å²) < 4.78 is 1.80. The van der Waals surface area contributed by atoms with E-state index in [9.17, 15) is 4.79 Å². The van der Waals surface area contributed by atoms with Crippen molar-refractivity contribution in [3.8, 4) is 0 Å². The molecule has 0 spiro atoms. The maximum Gasteiger partial charge on any atom is 0.321 e. The molecule has 6 heteroatoms. The minimum atomic E-state index is -0.0205. The maximum atomic E-state index is 12.3. The van der Waals surface area contributed by atoms with Gasteiger partial charge in [-0.1, -0.05) is 18.2 Å². The van der Waals surface area contributed by atoms with Crippen LogP contribution in [0.1, 0.15) is 13.3 Å². The number of likely N-dealkylation sites (tertiary alicyclic amines) is 1. The molecule has 122 valence electrons. The Kier molecular flexibility index (Phi) is 5.23. The van der Waals surface area contributed by atoms with Crippen LogP contribution in [0.4, 0.5) is 10.5 Å². The van der Waals surface area contributed by atoms with Gasteiger partial charge in [-0.25, -0.2) is 4.79 Å². The largest absolute Gasteiger partial charge is 0.324 e. The van der Waals surface area contributed by atoms with Gasteiger partial charge in [0.2, 0.25) is 0 Å². The summed E-state index contributed by atoms with van der Waals surface area (Å²) in [6.45, 7) is 4.48. The van der Waals surface area contributed by atoms with Crippen molar-refractivity contribution < 1.29 is 4.79 Å². The molecular formula is C17H22N4OS.